The smallest absolute Gasteiger partial charge is 0.333 e. The molecule has 3 nitrogen and oxygen atoms in total. The van der Waals surface area contributed by atoms with E-state index in [2.05, 4.69) is 218 Å². The Bertz CT molecular complexity index is 3840. The van der Waals surface area contributed by atoms with Crippen LogP contribution in [-0.2, 0) is 21.7 Å². The topological polar surface area (TPSA) is 21.3 Å². The summed E-state index contributed by atoms with van der Waals surface area (Å²) in [5, 5.41) is 4.94. The maximum atomic E-state index is 7.38. The van der Waals surface area contributed by atoms with E-state index >= 15 is 0 Å². The fraction of sp³-hybridized carbons (Fsp3) is 0.226. The van der Waals surface area contributed by atoms with Gasteiger partial charge in [0.05, 0.1) is 11.0 Å². The number of benzene rings is 8. The molecule has 0 saturated heterocycles. The number of nitrogens with zero attached hydrogens (tertiary/aromatic N) is 2. The maximum Gasteiger partial charge on any atom is 0.333 e. The lowest BCUT2D eigenvalue weighted by Gasteiger charge is -2.43. The highest BCUT2D eigenvalue weighted by molar-refractivity contribution is 6.94. The van der Waals surface area contributed by atoms with E-state index in [1.807, 2.05) is 0 Å². The van der Waals surface area contributed by atoms with Crippen LogP contribution in [0.4, 0.5) is 11.4 Å². The molecule has 0 radical (unpaired) electrons. The largest absolute Gasteiger partial charge is 0.455 e. The molecule has 14 rings (SSSR count). The number of para-hydroxylation sites is 1. The fourth-order valence-corrected chi connectivity index (χ4v) is 13.0. The highest BCUT2D eigenvalue weighted by Crippen LogP contribution is 2.57. The summed E-state index contributed by atoms with van der Waals surface area (Å²) in [6.07, 6.45) is 0. The summed E-state index contributed by atoms with van der Waals surface area (Å²) >= 11 is 0. The summed E-state index contributed by atoms with van der Waals surface area (Å²) in [4.78, 5) is 2.71. The van der Waals surface area contributed by atoms with Gasteiger partial charge in [-0.05, 0) is 126 Å². The summed E-state index contributed by atoms with van der Waals surface area (Å²) in [7, 11) is 0. The van der Waals surface area contributed by atoms with E-state index in [0.717, 1.165) is 11.2 Å². The normalized spacial score (nSPS) is 15.9. The van der Waals surface area contributed by atoms with E-state index in [9.17, 15) is 0 Å². The van der Waals surface area contributed by atoms with Crippen molar-refractivity contribution in [1.82, 2.24) is 4.57 Å². The molecule has 8 aromatic carbocycles. The van der Waals surface area contributed by atoms with Gasteiger partial charge in [-0.1, -0.05) is 160 Å². The van der Waals surface area contributed by atoms with Crippen molar-refractivity contribution in [2.24, 2.45) is 0 Å². The molecule has 0 N–H and O–H groups in total. The van der Waals surface area contributed by atoms with Crippen molar-refractivity contribution < 1.29 is 4.42 Å². The zero-order chi connectivity index (χ0) is 45.1. The van der Waals surface area contributed by atoms with Crippen LogP contribution in [0.25, 0.3) is 82.8 Å². The Balaban J connectivity index is 1.22. The number of rotatable bonds is 1. The number of furan rings is 1. The summed E-state index contributed by atoms with van der Waals surface area (Å²) in [5.41, 5.74) is 26.3. The van der Waals surface area contributed by atoms with E-state index in [0.29, 0.717) is 0 Å². The molecule has 66 heavy (non-hydrogen) atoms. The quantitative estimate of drug-likeness (QED) is 0.153. The Morgan fingerprint density at radius 3 is 1.79 bits per heavy atom. The van der Waals surface area contributed by atoms with Gasteiger partial charge in [0, 0.05) is 60.6 Å². The van der Waals surface area contributed by atoms with Crippen LogP contribution < -0.4 is 15.7 Å². The number of aromatic nitrogens is 1. The lowest BCUT2D eigenvalue weighted by Crippen LogP contribution is -2.60. The van der Waals surface area contributed by atoms with Crippen molar-refractivity contribution in [3.05, 3.63) is 173 Å². The lowest BCUT2D eigenvalue weighted by atomic mass is 9.43. The third-order valence-corrected chi connectivity index (χ3v) is 16.5. The fourth-order valence-electron chi connectivity index (χ4n) is 13.0. The number of hydrogen-bond donors (Lipinski definition) is 0. The second-order valence-electron chi connectivity index (χ2n) is 22.9. The Morgan fingerprint density at radius 1 is 0.500 bits per heavy atom. The average Bonchev–Trinajstić information content (AvgIpc) is 3.98. The van der Waals surface area contributed by atoms with E-state index in [-0.39, 0.29) is 28.5 Å². The van der Waals surface area contributed by atoms with Crippen LogP contribution in [0.2, 0.25) is 0 Å². The number of anilines is 2. The van der Waals surface area contributed by atoms with Crippen LogP contribution in [0.1, 0.15) is 103 Å². The molecule has 0 saturated carbocycles. The monoisotopic (exact) mass is 852 g/mol. The summed E-state index contributed by atoms with van der Waals surface area (Å²) in [6, 6.07) is 54.0. The van der Waals surface area contributed by atoms with Crippen LogP contribution in [0.5, 0.6) is 0 Å². The summed E-state index contributed by atoms with van der Waals surface area (Å²) in [6.45, 7) is 23.4. The Kier molecular flexibility index (Phi) is 7.09. The molecule has 2 aromatic heterocycles. The van der Waals surface area contributed by atoms with Crippen LogP contribution in [0.15, 0.2) is 144 Å². The highest BCUT2D eigenvalue weighted by atomic mass is 16.3. The molecule has 0 spiro atoms. The first-order valence-electron chi connectivity index (χ1n) is 24.0. The van der Waals surface area contributed by atoms with E-state index in [4.69, 9.17) is 4.42 Å². The van der Waals surface area contributed by atoms with Crippen LogP contribution in [-0.4, -0.2) is 11.4 Å². The van der Waals surface area contributed by atoms with Crippen LogP contribution >= 0.6 is 0 Å². The SMILES string of the molecule is CC(C)(C)c1ccc(N2B3c4cc5c(cc4-n4c6ccc(C(C)(C)C)cc6c6c7c(oc8ccccc87)c(c3c64)-c3cc4c(cc32)-c2ccccc2C4(C)C)C(C)(C)c2ccccc2-5)cc1. The molecular weight excluding hydrogens is 800 g/mol. The van der Waals surface area contributed by atoms with Gasteiger partial charge in [0.2, 0.25) is 0 Å². The van der Waals surface area contributed by atoms with Crippen LogP contribution in [0, 0.1) is 0 Å². The van der Waals surface area contributed by atoms with E-state index in [1.54, 1.807) is 0 Å². The molecule has 4 aliphatic rings. The van der Waals surface area contributed by atoms with Gasteiger partial charge in [-0.3, -0.25) is 0 Å². The Hall–Kier alpha value is -6.78. The predicted octanol–water partition coefficient (Wildman–Crippen LogP) is 15.1. The average molecular weight is 853 g/mol. The Labute approximate surface area is 387 Å². The van der Waals surface area contributed by atoms with Gasteiger partial charge in [0.1, 0.15) is 11.2 Å². The first-order chi connectivity index (χ1) is 31.5. The minimum Gasteiger partial charge on any atom is -0.455 e. The predicted molar refractivity (Wildman–Crippen MR) is 280 cm³/mol. The molecule has 320 valence electrons. The van der Waals surface area contributed by atoms with Crippen molar-refractivity contribution in [2.45, 2.75) is 90.9 Å². The zero-order valence-electron chi connectivity index (χ0n) is 39.7. The van der Waals surface area contributed by atoms with Crippen molar-refractivity contribution in [2.75, 3.05) is 4.81 Å². The zero-order valence-corrected chi connectivity index (χ0v) is 39.7. The molecule has 10 aromatic rings. The Morgan fingerprint density at radius 2 is 1.11 bits per heavy atom. The van der Waals surface area contributed by atoms with Gasteiger partial charge in [0.15, 0.2) is 0 Å². The first-order valence-corrected chi connectivity index (χ1v) is 24.0. The summed E-state index contributed by atoms with van der Waals surface area (Å²) in [5.74, 6) is 0. The van der Waals surface area contributed by atoms with E-state index < -0.39 is 0 Å². The molecule has 0 bridgehead atoms. The molecule has 0 amide bonds. The van der Waals surface area contributed by atoms with E-state index in [1.165, 1.54) is 127 Å². The minimum absolute atomic E-state index is 0.0190. The molecule has 4 heterocycles. The van der Waals surface area contributed by atoms with Gasteiger partial charge in [-0.25, -0.2) is 0 Å². The van der Waals surface area contributed by atoms with Crippen LogP contribution in [0.3, 0.4) is 0 Å². The van der Waals surface area contributed by atoms with Crippen molar-refractivity contribution in [3.63, 3.8) is 0 Å². The maximum absolute atomic E-state index is 7.38. The molecular formula is C62H53BN2O. The van der Waals surface area contributed by atoms with Crippen molar-refractivity contribution >= 4 is 72.9 Å². The highest BCUT2D eigenvalue weighted by Gasteiger charge is 2.49. The molecule has 0 atom stereocenters. The van der Waals surface area contributed by atoms with Crippen molar-refractivity contribution in [1.29, 1.82) is 0 Å². The summed E-state index contributed by atoms with van der Waals surface area (Å²) < 4.78 is 10.0. The molecule has 0 unspecified atom stereocenters. The second-order valence-corrected chi connectivity index (χ2v) is 22.9. The van der Waals surface area contributed by atoms with Gasteiger partial charge in [-0.15, -0.1) is 0 Å². The van der Waals surface area contributed by atoms with Crippen molar-refractivity contribution in [3.8, 4) is 39.1 Å². The molecule has 2 aliphatic heterocycles. The molecule has 2 aliphatic carbocycles. The molecule has 0 fully saturated rings. The third kappa shape index (κ3) is 4.65. The number of fused-ring (bicyclic) bond motifs is 19. The second kappa shape index (κ2) is 12.2. The first kappa shape index (κ1) is 38.5. The standard InChI is InChI=1S/C62H53BN2O/c1-59(2,3)34-23-26-36(27-24-34)65-50-32-41-38-18-12-15-21-45(38)61(7,8)46(41)30-43(50)55-56-57-53(54-39-19-13-16-22-52(39)66-58(54)55)42-29-35(60(4,5)6)25-28-49(42)64(57)51-33-47-40(31-48(51)63(56)65)37-17-11-14-20-44(37)62(47,9)10/h11-33H,1-10H3. The minimum atomic E-state index is -0.184. The van der Waals surface area contributed by atoms with Gasteiger partial charge in [-0.2, -0.15) is 0 Å². The van der Waals surface area contributed by atoms with Gasteiger partial charge >= 0.3 is 6.85 Å². The van der Waals surface area contributed by atoms with Gasteiger partial charge in [0.25, 0.3) is 0 Å². The molecule has 4 heteroatoms. The number of hydrogen-bond acceptors (Lipinski definition) is 2. The van der Waals surface area contributed by atoms with Gasteiger partial charge < -0.3 is 13.8 Å². The third-order valence-electron chi connectivity index (χ3n) is 16.5. The lowest BCUT2D eigenvalue weighted by molar-refractivity contribution is 0.590.